The van der Waals surface area contributed by atoms with E-state index in [1.807, 2.05) is 13.8 Å². The molecule has 0 spiro atoms. The molecule has 7 nitrogen and oxygen atoms in total. The summed E-state index contributed by atoms with van der Waals surface area (Å²) in [6.45, 7) is 3.22. The van der Waals surface area contributed by atoms with Gasteiger partial charge in [0.25, 0.3) is 15.9 Å². The first kappa shape index (κ1) is 26.5. The lowest BCUT2D eigenvalue weighted by molar-refractivity contribution is -0.114. The van der Waals surface area contributed by atoms with Gasteiger partial charge in [0.2, 0.25) is 5.91 Å². The number of rotatable bonds is 9. The second-order valence-corrected chi connectivity index (χ2v) is 10.4. The van der Waals surface area contributed by atoms with E-state index in [1.165, 1.54) is 24.3 Å². The van der Waals surface area contributed by atoms with E-state index in [0.717, 1.165) is 10.7 Å². The van der Waals surface area contributed by atoms with Crippen LogP contribution in [0.5, 0.6) is 0 Å². The molecule has 0 saturated heterocycles. The number of nitrogens with one attached hydrogen (secondary N) is 2. The summed E-state index contributed by atoms with van der Waals surface area (Å²) in [5, 5.41) is 5.65. The van der Waals surface area contributed by atoms with Gasteiger partial charge in [-0.2, -0.15) is 0 Å². The number of carbonyl (C=O) groups excluding carboxylic acids is 2. The Hall–Kier alpha value is -3.07. The molecule has 3 rings (SSSR count). The third kappa shape index (κ3) is 6.33. The molecule has 3 aromatic rings. The van der Waals surface area contributed by atoms with E-state index in [0.29, 0.717) is 0 Å². The van der Waals surface area contributed by atoms with Crippen molar-refractivity contribution in [2.24, 2.45) is 0 Å². The standard InChI is InChI=1S/C25H25Cl2N3O4S/c1-3-17(2)28-25(32)19-12-7-8-14-21(19)29-23(31)16-30(22-15-9-13-20(26)24(22)27)35(33,34)18-10-5-4-6-11-18/h4-15,17H,3,16H2,1-2H3,(H,28,32)(H,29,31)/t17-/m1/s1. The van der Waals surface area contributed by atoms with Gasteiger partial charge in [-0.05, 0) is 49.7 Å². The van der Waals surface area contributed by atoms with Crippen LogP contribution in [0.1, 0.15) is 30.6 Å². The van der Waals surface area contributed by atoms with Crippen molar-refractivity contribution in [3.8, 4) is 0 Å². The van der Waals surface area contributed by atoms with E-state index in [1.54, 1.807) is 48.5 Å². The van der Waals surface area contributed by atoms with E-state index >= 15 is 0 Å². The Bertz CT molecular complexity index is 1320. The molecule has 0 heterocycles. The number of amides is 2. The molecule has 10 heteroatoms. The van der Waals surface area contributed by atoms with Gasteiger partial charge in [-0.3, -0.25) is 13.9 Å². The second-order valence-electron chi connectivity index (χ2n) is 7.77. The number of benzene rings is 3. The van der Waals surface area contributed by atoms with Crippen LogP contribution in [-0.2, 0) is 14.8 Å². The molecular weight excluding hydrogens is 509 g/mol. The van der Waals surface area contributed by atoms with Crippen LogP contribution in [0, 0.1) is 0 Å². The molecule has 1 atom stereocenters. The molecule has 0 aromatic heterocycles. The Balaban J connectivity index is 1.95. The molecule has 0 aliphatic carbocycles. The zero-order valence-electron chi connectivity index (χ0n) is 19.2. The number of carbonyl (C=O) groups is 2. The molecule has 0 bridgehead atoms. The fourth-order valence-electron chi connectivity index (χ4n) is 3.22. The normalized spacial score (nSPS) is 12.0. The highest BCUT2D eigenvalue weighted by molar-refractivity contribution is 7.92. The molecule has 35 heavy (non-hydrogen) atoms. The molecule has 0 aliphatic heterocycles. The largest absolute Gasteiger partial charge is 0.350 e. The minimum absolute atomic E-state index is 0.00481. The second kappa shape index (κ2) is 11.6. The van der Waals surface area contributed by atoms with Crippen molar-refractivity contribution in [2.45, 2.75) is 31.2 Å². The van der Waals surface area contributed by atoms with Gasteiger partial charge in [-0.1, -0.05) is 66.5 Å². The van der Waals surface area contributed by atoms with Gasteiger partial charge in [0, 0.05) is 6.04 Å². The maximum Gasteiger partial charge on any atom is 0.264 e. The van der Waals surface area contributed by atoms with E-state index < -0.39 is 22.5 Å². The molecule has 2 amide bonds. The number of sulfonamides is 1. The van der Waals surface area contributed by atoms with Gasteiger partial charge in [0.1, 0.15) is 6.54 Å². The molecule has 0 saturated carbocycles. The van der Waals surface area contributed by atoms with Gasteiger partial charge >= 0.3 is 0 Å². The molecule has 3 aromatic carbocycles. The first-order valence-electron chi connectivity index (χ1n) is 10.9. The number of anilines is 2. The van der Waals surface area contributed by atoms with Crippen LogP contribution in [0.3, 0.4) is 0 Å². The van der Waals surface area contributed by atoms with Crippen LogP contribution in [0.15, 0.2) is 77.7 Å². The van der Waals surface area contributed by atoms with Crippen LogP contribution >= 0.6 is 23.2 Å². The molecule has 0 fully saturated rings. The smallest absolute Gasteiger partial charge is 0.264 e. The first-order chi connectivity index (χ1) is 16.6. The number of hydrogen-bond donors (Lipinski definition) is 2. The molecule has 0 unspecified atom stereocenters. The predicted octanol–water partition coefficient (Wildman–Crippen LogP) is 5.36. The average molecular weight is 534 g/mol. The minimum atomic E-state index is -4.18. The van der Waals surface area contributed by atoms with E-state index in [2.05, 4.69) is 10.6 Å². The van der Waals surface area contributed by atoms with Gasteiger partial charge < -0.3 is 10.6 Å². The Morgan fingerprint density at radius 1 is 0.943 bits per heavy atom. The lowest BCUT2D eigenvalue weighted by atomic mass is 10.1. The van der Waals surface area contributed by atoms with Crippen LogP contribution in [0.4, 0.5) is 11.4 Å². The minimum Gasteiger partial charge on any atom is -0.350 e. The third-order valence-corrected chi connectivity index (χ3v) is 7.84. The van der Waals surface area contributed by atoms with Crippen molar-refractivity contribution in [1.82, 2.24) is 5.32 Å². The molecule has 0 aliphatic rings. The van der Waals surface area contributed by atoms with Gasteiger partial charge in [-0.15, -0.1) is 0 Å². The topological polar surface area (TPSA) is 95.6 Å². The van der Waals surface area contributed by atoms with Crippen molar-refractivity contribution >= 4 is 56.4 Å². The van der Waals surface area contributed by atoms with Crippen LogP contribution in [0.2, 0.25) is 10.0 Å². The summed E-state index contributed by atoms with van der Waals surface area (Å²) in [6.07, 6.45) is 0.743. The Kier molecular flexibility index (Phi) is 8.77. The van der Waals surface area contributed by atoms with E-state index in [-0.39, 0.29) is 43.8 Å². The third-order valence-electron chi connectivity index (χ3n) is 5.25. The number of para-hydroxylation sites is 1. The van der Waals surface area contributed by atoms with Gasteiger partial charge in [-0.25, -0.2) is 8.42 Å². The average Bonchev–Trinajstić information content (AvgIpc) is 2.85. The van der Waals surface area contributed by atoms with E-state index in [9.17, 15) is 18.0 Å². The lowest BCUT2D eigenvalue weighted by Crippen LogP contribution is -2.39. The number of hydrogen-bond acceptors (Lipinski definition) is 4. The molecule has 184 valence electrons. The fourth-order valence-corrected chi connectivity index (χ4v) is 5.12. The highest BCUT2D eigenvalue weighted by Gasteiger charge is 2.29. The van der Waals surface area contributed by atoms with Crippen molar-refractivity contribution in [1.29, 1.82) is 0 Å². The van der Waals surface area contributed by atoms with Gasteiger partial charge in [0.15, 0.2) is 0 Å². The zero-order valence-corrected chi connectivity index (χ0v) is 21.5. The highest BCUT2D eigenvalue weighted by Crippen LogP contribution is 2.35. The van der Waals surface area contributed by atoms with Crippen molar-refractivity contribution in [3.63, 3.8) is 0 Å². The van der Waals surface area contributed by atoms with Crippen LogP contribution in [0.25, 0.3) is 0 Å². The summed E-state index contributed by atoms with van der Waals surface area (Å²) in [5.41, 5.74) is 0.577. The number of halogens is 2. The van der Waals surface area contributed by atoms with Crippen molar-refractivity contribution < 1.29 is 18.0 Å². The monoisotopic (exact) mass is 533 g/mol. The summed E-state index contributed by atoms with van der Waals surface area (Å²) < 4.78 is 27.9. The Morgan fingerprint density at radius 2 is 1.60 bits per heavy atom. The molecule has 2 N–H and O–H groups in total. The maximum absolute atomic E-state index is 13.5. The van der Waals surface area contributed by atoms with Gasteiger partial charge in [0.05, 0.1) is 31.9 Å². The molecular formula is C25H25Cl2N3O4S. The Labute approximate surface area is 215 Å². The molecule has 0 radical (unpaired) electrons. The lowest BCUT2D eigenvalue weighted by Gasteiger charge is -2.25. The summed E-state index contributed by atoms with van der Waals surface area (Å²) in [6, 6.07) is 18.7. The zero-order chi connectivity index (χ0) is 25.6. The summed E-state index contributed by atoms with van der Waals surface area (Å²) in [5.74, 6) is -1.01. The summed E-state index contributed by atoms with van der Waals surface area (Å²) in [4.78, 5) is 25.8. The predicted molar refractivity (Wildman–Crippen MR) is 140 cm³/mol. The number of nitrogens with zero attached hydrogens (tertiary/aromatic N) is 1. The highest BCUT2D eigenvalue weighted by atomic mass is 35.5. The summed E-state index contributed by atoms with van der Waals surface area (Å²) >= 11 is 12.5. The van der Waals surface area contributed by atoms with Crippen LogP contribution in [-0.4, -0.2) is 32.8 Å². The quantitative estimate of drug-likeness (QED) is 0.387. The summed E-state index contributed by atoms with van der Waals surface area (Å²) in [7, 11) is -4.18. The maximum atomic E-state index is 13.5. The first-order valence-corrected chi connectivity index (χ1v) is 13.1. The fraction of sp³-hybridized carbons (Fsp3) is 0.200. The SMILES string of the molecule is CC[C@@H](C)NC(=O)c1ccccc1NC(=O)CN(c1cccc(Cl)c1Cl)S(=O)(=O)c1ccccc1. The van der Waals surface area contributed by atoms with Crippen molar-refractivity contribution in [3.05, 3.63) is 88.4 Å². The van der Waals surface area contributed by atoms with Crippen LogP contribution < -0.4 is 14.9 Å². The van der Waals surface area contributed by atoms with Crippen molar-refractivity contribution in [2.75, 3.05) is 16.2 Å². The Morgan fingerprint density at radius 3 is 2.29 bits per heavy atom. The van der Waals surface area contributed by atoms with E-state index in [4.69, 9.17) is 23.2 Å².